The van der Waals surface area contributed by atoms with Gasteiger partial charge in [0.2, 0.25) is 0 Å². The summed E-state index contributed by atoms with van der Waals surface area (Å²) < 4.78 is 0. The van der Waals surface area contributed by atoms with Gasteiger partial charge in [0.25, 0.3) is 0 Å². The fraction of sp³-hybridized carbons (Fsp3) is 0.867. The normalized spacial score (nSPS) is 51.5. The van der Waals surface area contributed by atoms with E-state index in [0.29, 0.717) is 10.8 Å². The largest absolute Gasteiger partial charge is 0.0847 e. The SMILES string of the molecule is CC1=CC[C@H]2C[C@H]3[C@H](C)CC[C@@]13C2(C)C. The predicted molar refractivity (Wildman–Crippen MR) is 64.6 cm³/mol. The summed E-state index contributed by atoms with van der Waals surface area (Å²) in [5.41, 5.74) is 2.90. The molecule has 0 aliphatic heterocycles. The molecule has 2 bridgehead atoms. The zero-order valence-corrected chi connectivity index (χ0v) is 10.6. The van der Waals surface area contributed by atoms with Crippen molar-refractivity contribution in [1.29, 1.82) is 0 Å². The minimum Gasteiger partial charge on any atom is -0.0847 e. The van der Waals surface area contributed by atoms with Gasteiger partial charge in [-0.15, -0.1) is 0 Å². The van der Waals surface area contributed by atoms with Crippen molar-refractivity contribution in [2.45, 2.75) is 53.4 Å². The third kappa shape index (κ3) is 0.905. The molecule has 0 aromatic carbocycles. The number of fused-ring (bicyclic) bond motifs is 1. The Kier molecular flexibility index (Phi) is 1.79. The van der Waals surface area contributed by atoms with E-state index in [-0.39, 0.29) is 0 Å². The highest BCUT2D eigenvalue weighted by Gasteiger charge is 2.64. The Hall–Kier alpha value is -0.260. The van der Waals surface area contributed by atoms with Crippen LogP contribution >= 0.6 is 0 Å². The Morgan fingerprint density at radius 1 is 1.33 bits per heavy atom. The highest BCUT2D eigenvalue weighted by atomic mass is 14.7. The number of allylic oxidation sites excluding steroid dienone is 2. The molecule has 3 aliphatic carbocycles. The summed E-state index contributed by atoms with van der Waals surface area (Å²) in [6.07, 6.45) is 8.34. The quantitative estimate of drug-likeness (QED) is 0.513. The summed E-state index contributed by atoms with van der Waals surface area (Å²) in [5.74, 6) is 2.93. The van der Waals surface area contributed by atoms with Crippen LogP contribution in [0.4, 0.5) is 0 Å². The molecule has 0 saturated heterocycles. The second kappa shape index (κ2) is 2.70. The van der Waals surface area contributed by atoms with Crippen LogP contribution in [-0.4, -0.2) is 0 Å². The lowest BCUT2D eigenvalue weighted by Gasteiger charge is -2.48. The molecule has 4 atom stereocenters. The molecule has 0 unspecified atom stereocenters. The maximum Gasteiger partial charge on any atom is -0.000604 e. The molecule has 0 aromatic rings. The maximum atomic E-state index is 2.56. The molecule has 2 fully saturated rings. The van der Waals surface area contributed by atoms with Gasteiger partial charge in [0, 0.05) is 0 Å². The summed E-state index contributed by atoms with van der Waals surface area (Å²) in [4.78, 5) is 0. The minimum absolute atomic E-state index is 0.571. The Balaban J connectivity index is 2.17. The fourth-order valence-electron chi connectivity index (χ4n) is 5.42. The standard InChI is InChI=1S/C15H24/c1-10-7-8-15-11(2)5-6-12(9-13(10)15)14(15,3)4/h5,10,12-13H,6-9H2,1-4H3/t10-,12+,13+,15-/m1/s1. The van der Waals surface area contributed by atoms with Gasteiger partial charge in [0.1, 0.15) is 0 Å². The van der Waals surface area contributed by atoms with Gasteiger partial charge in [-0.3, -0.25) is 0 Å². The van der Waals surface area contributed by atoms with Gasteiger partial charge < -0.3 is 0 Å². The van der Waals surface area contributed by atoms with Crippen LogP contribution in [0.2, 0.25) is 0 Å². The number of hydrogen-bond acceptors (Lipinski definition) is 0. The molecule has 0 heteroatoms. The lowest BCUT2D eigenvalue weighted by molar-refractivity contribution is 0.0786. The maximum absolute atomic E-state index is 2.56. The molecular formula is C15H24. The average molecular weight is 204 g/mol. The van der Waals surface area contributed by atoms with E-state index in [4.69, 9.17) is 0 Å². The van der Waals surface area contributed by atoms with Crippen molar-refractivity contribution < 1.29 is 0 Å². The van der Waals surface area contributed by atoms with Crippen molar-refractivity contribution in [2.75, 3.05) is 0 Å². The van der Waals surface area contributed by atoms with E-state index >= 15 is 0 Å². The molecule has 2 saturated carbocycles. The van der Waals surface area contributed by atoms with Crippen molar-refractivity contribution in [3.8, 4) is 0 Å². The summed E-state index contributed by atoms with van der Waals surface area (Å²) in [6.45, 7) is 10.00. The lowest BCUT2D eigenvalue weighted by atomic mass is 9.56. The second-order valence-corrected chi connectivity index (χ2v) is 6.87. The zero-order valence-electron chi connectivity index (χ0n) is 10.6. The van der Waals surface area contributed by atoms with Crippen LogP contribution in [-0.2, 0) is 0 Å². The topological polar surface area (TPSA) is 0 Å². The molecule has 1 spiro atoms. The van der Waals surface area contributed by atoms with Crippen molar-refractivity contribution in [3.05, 3.63) is 11.6 Å². The van der Waals surface area contributed by atoms with Crippen LogP contribution in [0.25, 0.3) is 0 Å². The van der Waals surface area contributed by atoms with Crippen molar-refractivity contribution >= 4 is 0 Å². The first-order chi connectivity index (χ1) is 7.00. The van der Waals surface area contributed by atoms with E-state index in [0.717, 1.165) is 17.8 Å². The van der Waals surface area contributed by atoms with E-state index in [1.165, 1.54) is 25.7 Å². The Morgan fingerprint density at radius 3 is 2.80 bits per heavy atom. The van der Waals surface area contributed by atoms with Crippen LogP contribution < -0.4 is 0 Å². The summed E-state index contributed by atoms with van der Waals surface area (Å²) in [5, 5.41) is 0. The first-order valence-corrected chi connectivity index (χ1v) is 6.67. The molecule has 0 radical (unpaired) electrons. The van der Waals surface area contributed by atoms with Crippen LogP contribution in [0.1, 0.15) is 53.4 Å². The van der Waals surface area contributed by atoms with Gasteiger partial charge in [-0.05, 0) is 61.2 Å². The zero-order chi connectivity index (χ0) is 10.8. The van der Waals surface area contributed by atoms with E-state index in [2.05, 4.69) is 33.8 Å². The van der Waals surface area contributed by atoms with Crippen LogP contribution in [0.5, 0.6) is 0 Å². The third-order valence-electron chi connectivity index (χ3n) is 6.43. The van der Waals surface area contributed by atoms with E-state index in [1.807, 2.05) is 0 Å². The van der Waals surface area contributed by atoms with Crippen LogP contribution in [0, 0.1) is 28.6 Å². The first kappa shape index (κ1) is 9.93. The lowest BCUT2D eigenvalue weighted by Crippen LogP contribution is -2.41. The molecule has 3 rings (SSSR count). The molecule has 0 heterocycles. The fourth-order valence-corrected chi connectivity index (χ4v) is 5.42. The first-order valence-electron chi connectivity index (χ1n) is 6.67. The van der Waals surface area contributed by atoms with Crippen molar-refractivity contribution in [1.82, 2.24) is 0 Å². The summed E-state index contributed by atoms with van der Waals surface area (Å²) in [7, 11) is 0. The molecule has 84 valence electrons. The van der Waals surface area contributed by atoms with Gasteiger partial charge in [0.05, 0.1) is 0 Å². The summed E-state index contributed by atoms with van der Waals surface area (Å²) >= 11 is 0. The second-order valence-electron chi connectivity index (χ2n) is 6.87. The van der Waals surface area contributed by atoms with Gasteiger partial charge in [0.15, 0.2) is 0 Å². The smallest absolute Gasteiger partial charge is 0.000604 e. The molecule has 0 N–H and O–H groups in total. The molecule has 0 amide bonds. The molecule has 3 aliphatic rings. The Morgan fingerprint density at radius 2 is 2.07 bits per heavy atom. The Bertz CT molecular complexity index is 323. The van der Waals surface area contributed by atoms with Gasteiger partial charge >= 0.3 is 0 Å². The Labute approximate surface area is 94.1 Å². The molecular weight excluding hydrogens is 180 g/mol. The predicted octanol–water partition coefficient (Wildman–Crippen LogP) is 4.42. The summed E-state index contributed by atoms with van der Waals surface area (Å²) in [6, 6.07) is 0. The monoisotopic (exact) mass is 204 g/mol. The highest BCUT2D eigenvalue weighted by Crippen LogP contribution is 2.72. The molecule has 0 aromatic heterocycles. The average Bonchev–Trinajstić information content (AvgIpc) is 2.53. The number of rotatable bonds is 0. The minimum atomic E-state index is 0.571. The van der Waals surface area contributed by atoms with Crippen LogP contribution in [0.3, 0.4) is 0 Å². The van der Waals surface area contributed by atoms with Crippen molar-refractivity contribution in [2.24, 2.45) is 28.6 Å². The van der Waals surface area contributed by atoms with Gasteiger partial charge in [-0.25, -0.2) is 0 Å². The molecule has 0 nitrogen and oxygen atoms in total. The highest BCUT2D eigenvalue weighted by molar-refractivity contribution is 5.30. The van der Waals surface area contributed by atoms with Gasteiger partial charge in [-0.1, -0.05) is 32.4 Å². The third-order valence-corrected chi connectivity index (χ3v) is 6.43. The number of hydrogen-bond donors (Lipinski definition) is 0. The van der Waals surface area contributed by atoms with Crippen molar-refractivity contribution in [3.63, 3.8) is 0 Å². The van der Waals surface area contributed by atoms with E-state index in [9.17, 15) is 0 Å². The van der Waals surface area contributed by atoms with E-state index < -0.39 is 0 Å². The van der Waals surface area contributed by atoms with Crippen LogP contribution in [0.15, 0.2) is 11.6 Å². The molecule has 15 heavy (non-hydrogen) atoms. The van der Waals surface area contributed by atoms with E-state index in [1.54, 1.807) is 5.57 Å². The van der Waals surface area contributed by atoms with Gasteiger partial charge in [-0.2, -0.15) is 0 Å².